The summed E-state index contributed by atoms with van der Waals surface area (Å²) in [6, 6.07) is 30.0. The minimum Gasteiger partial charge on any atom is -0.462 e. The third-order valence-electron chi connectivity index (χ3n) is 8.02. The van der Waals surface area contributed by atoms with E-state index in [4.69, 9.17) is 14.2 Å². The topological polar surface area (TPSA) is 116 Å². The van der Waals surface area contributed by atoms with Gasteiger partial charge in [-0.3, -0.25) is 4.72 Å². The standard InChI is InChI=1S/C36H34N4O5S/c1-4-33-37-31-15-10-14-30(36(41)44-22-21-26-11-6-5-7-12-26)34(31)40(33)23-27-17-19-28(20-18-27)29-13-8-9-16-32(29)46(42,43)39-35-24(2)25(3)45-38-35/h5-20H,4,21-23H2,1-3H3,(H,38,39). The second-order valence-corrected chi connectivity index (χ2v) is 12.7. The van der Waals surface area contributed by atoms with Gasteiger partial charge in [-0.2, -0.15) is 0 Å². The average molecular weight is 635 g/mol. The maximum Gasteiger partial charge on any atom is 0.340 e. The summed E-state index contributed by atoms with van der Waals surface area (Å²) in [5, 5.41) is 3.85. The van der Waals surface area contributed by atoms with Gasteiger partial charge in [-0.05, 0) is 48.7 Å². The van der Waals surface area contributed by atoms with E-state index >= 15 is 0 Å². The van der Waals surface area contributed by atoms with E-state index in [0.717, 1.165) is 33.5 Å². The van der Waals surface area contributed by atoms with E-state index in [2.05, 4.69) is 14.4 Å². The number of rotatable bonds is 11. The van der Waals surface area contributed by atoms with E-state index < -0.39 is 10.0 Å². The van der Waals surface area contributed by atoms with Crippen molar-refractivity contribution in [2.75, 3.05) is 11.3 Å². The first-order valence-corrected chi connectivity index (χ1v) is 16.6. The van der Waals surface area contributed by atoms with Crippen LogP contribution in [-0.2, 0) is 34.1 Å². The van der Waals surface area contributed by atoms with Crippen LogP contribution >= 0.6 is 0 Å². The Morgan fingerprint density at radius 3 is 2.35 bits per heavy atom. The van der Waals surface area contributed by atoms with Crippen molar-refractivity contribution < 1.29 is 22.5 Å². The number of ether oxygens (including phenoxy) is 1. The maximum atomic E-state index is 13.4. The average Bonchev–Trinajstić information content (AvgIpc) is 3.59. The number of nitrogens with zero attached hydrogens (tertiary/aromatic N) is 3. The van der Waals surface area contributed by atoms with Gasteiger partial charge in [-0.25, -0.2) is 18.2 Å². The van der Waals surface area contributed by atoms with Gasteiger partial charge in [0.1, 0.15) is 11.6 Å². The molecule has 0 fully saturated rings. The highest BCUT2D eigenvalue weighted by Crippen LogP contribution is 2.30. The summed E-state index contributed by atoms with van der Waals surface area (Å²) in [5.74, 6) is 1.18. The lowest BCUT2D eigenvalue weighted by Gasteiger charge is -2.14. The van der Waals surface area contributed by atoms with Crippen molar-refractivity contribution in [1.29, 1.82) is 0 Å². The van der Waals surface area contributed by atoms with Gasteiger partial charge < -0.3 is 13.8 Å². The Morgan fingerprint density at radius 1 is 0.891 bits per heavy atom. The SMILES string of the molecule is CCc1nc2cccc(C(=O)OCCc3ccccc3)c2n1Cc1ccc(-c2ccccc2S(=O)(=O)Nc2noc(C)c2C)cc1. The Hall–Kier alpha value is -5.22. The van der Waals surface area contributed by atoms with Crippen molar-refractivity contribution in [2.24, 2.45) is 0 Å². The van der Waals surface area contributed by atoms with Crippen LogP contribution in [0.4, 0.5) is 5.82 Å². The van der Waals surface area contributed by atoms with Crippen molar-refractivity contribution in [2.45, 2.75) is 45.1 Å². The van der Waals surface area contributed by atoms with E-state index in [9.17, 15) is 13.2 Å². The highest BCUT2D eigenvalue weighted by atomic mass is 32.2. The molecule has 0 aliphatic carbocycles. The summed E-state index contributed by atoms with van der Waals surface area (Å²) in [6.45, 7) is 6.26. The lowest BCUT2D eigenvalue weighted by Crippen LogP contribution is -2.15. The first kappa shape index (κ1) is 30.8. The quantitative estimate of drug-likeness (QED) is 0.151. The third-order valence-corrected chi connectivity index (χ3v) is 9.42. The number of hydrogen-bond donors (Lipinski definition) is 1. The summed E-state index contributed by atoms with van der Waals surface area (Å²) in [5.41, 5.74) is 5.94. The Morgan fingerprint density at radius 2 is 1.63 bits per heavy atom. The molecule has 0 amide bonds. The van der Waals surface area contributed by atoms with Gasteiger partial charge in [0, 0.05) is 30.5 Å². The summed E-state index contributed by atoms with van der Waals surface area (Å²) in [7, 11) is -3.95. The predicted octanol–water partition coefficient (Wildman–Crippen LogP) is 7.12. The zero-order valence-corrected chi connectivity index (χ0v) is 26.7. The smallest absolute Gasteiger partial charge is 0.340 e. The van der Waals surface area contributed by atoms with Crippen molar-refractivity contribution in [3.63, 3.8) is 0 Å². The molecule has 10 heteroatoms. The number of hydrogen-bond acceptors (Lipinski definition) is 7. The summed E-state index contributed by atoms with van der Waals surface area (Å²) in [6.07, 6.45) is 1.31. The van der Waals surface area contributed by atoms with E-state index in [1.807, 2.05) is 73.7 Å². The maximum absolute atomic E-state index is 13.4. The highest BCUT2D eigenvalue weighted by molar-refractivity contribution is 7.92. The monoisotopic (exact) mass is 634 g/mol. The molecule has 9 nitrogen and oxygen atoms in total. The van der Waals surface area contributed by atoms with E-state index in [1.54, 1.807) is 44.2 Å². The largest absolute Gasteiger partial charge is 0.462 e. The van der Waals surface area contributed by atoms with Crippen LogP contribution < -0.4 is 4.72 Å². The van der Waals surface area contributed by atoms with Crippen molar-refractivity contribution >= 4 is 32.8 Å². The number of carbonyl (C=O) groups excluding carboxylic acids is 1. The molecule has 0 spiro atoms. The fraction of sp³-hybridized carbons (Fsp3) is 0.194. The highest BCUT2D eigenvalue weighted by Gasteiger charge is 2.23. The fourth-order valence-corrected chi connectivity index (χ4v) is 6.72. The number of aryl methyl sites for hydroxylation is 2. The first-order chi connectivity index (χ1) is 22.2. The summed E-state index contributed by atoms with van der Waals surface area (Å²) >= 11 is 0. The third kappa shape index (κ3) is 6.29. The van der Waals surface area contributed by atoms with Crippen LogP contribution in [0.25, 0.3) is 22.2 Å². The second kappa shape index (κ2) is 13.0. The minimum absolute atomic E-state index is 0.132. The van der Waals surface area contributed by atoms with Gasteiger partial charge in [-0.1, -0.05) is 90.9 Å². The zero-order valence-electron chi connectivity index (χ0n) is 25.9. The Labute approximate surface area is 267 Å². The number of fused-ring (bicyclic) bond motifs is 1. The molecule has 1 N–H and O–H groups in total. The number of nitrogens with one attached hydrogen (secondary N) is 1. The van der Waals surface area contributed by atoms with E-state index in [0.29, 0.717) is 41.8 Å². The minimum atomic E-state index is -3.95. The molecular weight excluding hydrogens is 600 g/mol. The molecule has 0 bridgehead atoms. The number of aromatic nitrogens is 3. The van der Waals surface area contributed by atoms with E-state index in [-0.39, 0.29) is 23.3 Å². The molecule has 2 heterocycles. The molecular formula is C36H34N4O5S. The van der Waals surface area contributed by atoms with Gasteiger partial charge >= 0.3 is 5.97 Å². The summed E-state index contributed by atoms with van der Waals surface area (Å²) in [4.78, 5) is 18.2. The van der Waals surface area contributed by atoms with E-state index in [1.165, 1.54) is 0 Å². The molecule has 0 saturated heterocycles. The molecule has 0 aliphatic heterocycles. The van der Waals surface area contributed by atoms with Crippen LogP contribution in [0.2, 0.25) is 0 Å². The van der Waals surface area contributed by atoms with Crippen LogP contribution in [0.1, 0.15) is 45.6 Å². The predicted molar refractivity (Wildman–Crippen MR) is 177 cm³/mol. The normalized spacial score (nSPS) is 11.5. The molecule has 6 aromatic rings. The lowest BCUT2D eigenvalue weighted by atomic mass is 10.0. The molecule has 2 aromatic heterocycles. The van der Waals surface area contributed by atoms with Gasteiger partial charge in [0.25, 0.3) is 10.0 Å². The molecule has 0 saturated carbocycles. The van der Waals surface area contributed by atoms with Crippen LogP contribution in [0.5, 0.6) is 0 Å². The summed E-state index contributed by atoms with van der Waals surface area (Å²) < 4.78 is 42.3. The molecule has 6 rings (SSSR count). The van der Waals surface area contributed by atoms with Gasteiger partial charge in [0.05, 0.1) is 28.1 Å². The molecule has 0 aliphatic rings. The number of para-hydroxylation sites is 1. The van der Waals surface area contributed by atoms with Crippen molar-refractivity contribution in [3.05, 3.63) is 131 Å². The van der Waals surface area contributed by atoms with Crippen LogP contribution in [0, 0.1) is 13.8 Å². The number of imidazole rings is 1. The molecule has 0 atom stereocenters. The number of carbonyl (C=O) groups is 1. The van der Waals surface area contributed by atoms with Gasteiger partial charge in [0.2, 0.25) is 0 Å². The fourth-order valence-electron chi connectivity index (χ4n) is 5.43. The number of sulfonamides is 1. The van der Waals surface area contributed by atoms with Gasteiger partial charge in [-0.15, -0.1) is 0 Å². The number of esters is 1. The van der Waals surface area contributed by atoms with Gasteiger partial charge in [0.15, 0.2) is 5.82 Å². The second-order valence-electron chi connectivity index (χ2n) is 11.0. The van der Waals surface area contributed by atoms with Crippen LogP contribution in [-0.4, -0.2) is 35.7 Å². The Bertz CT molecular complexity index is 2120. The zero-order chi connectivity index (χ0) is 32.3. The first-order valence-electron chi connectivity index (χ1n) is 15.1. The number of benzene rings is 4. The molecule has 0 unspecified atom stereocenters. The number of anilines is 1. The van der Waals surface area contributed by atoms with Crippen LogP contribution in [0.15, 0.2) is 106 Å². The van der Waals surface area contributed by atoms with Crippen molar-refractivity contribution in [1.82, 2.24) is 14.7 Å². The molecule has 4 aromatic carbocycles. The Balaban J connectivity index is 1.26. The molecule has 46 heavy (non-hydrogen) atoms. The van der Waals surface area contributed by atoms with Crippen LogP contribution in [0.3, 0.4) is 0 Å². The van der Waals surface area contributed by atoms with Crippen molar-refractivity contribution in [3.8, 4) is 11.1 Å². The molecule has 0 radical (unpaired) electrons. The Kier molecular flexibility index (Phi) is 8.72. The lowest BCUT2D eigenvalue weighted by molar-refractivity contribution is 0.0511. The molecule has 234 valence electrons.